The van der Waals surface area contributed by atoms with Crippen LogP contribution >= 0.6 is 0 Å². The summed E-state index contributed by atoms with van der Waals surface area (Å²) >= 11 is 0. The molecule has 3 aromatic carbocycles. The number of nitrogens with zero attached hydrogens (tertiary/aromatic N) is 2. The number of amides is 2. The van der Waals surface area contributed by atoms with Gasteiger partial charge >= 0.3 is 0 Å². The molecule has 0 aliphatic heterocycles. The molecule has 0 bridgehead atoms. The molecule has 208 valence electrons. The highest BCUT2D eigenvalue weighted by molar-refractivity contribution is 7.92. The van der Waals surface area contributed by atoms with E-state index >= 15 is 0 Å². The minimum Gasteiger partial charge on any atom is -0.350 e. The number of rotatable bonds is 10. The Morgan fingerprint density at radius 1 is 0.872 bits per heavy atom. The van der Waals surface area contributed by atoms with Crippen LogP contribution in [-0.2, 0) is 26.0 Å². The van der Waals surface area contributed by atoms with Gasteiger partial charge in [0.2, 0.25) is 11.8 Å². The lowest BCUT2D eigenvalue weighted by Crippen LogP contribution is -2.55. The van der Waals surface area contributed by atoms with Crippen molar-refractivity contribution in [3.05, 3.63) is 95.6 Å². The van der Waals surface area contributed by atoms with Crippen LogP contribution in [0, 0.1) is 13.8 Å². The maximum absolute atomic E-state index is 13.9. The summed E-state index contributed by atoms with van der Waals surface area (Å²) in [6, 6.07) is 22.3. The molecule has 2 amide bonds. The average molecular weight is 550 g/mol. The summed E-state index contributed by atoms with van der Waals surface area (Å²) in [6.45, 7) is 11.0. The molecule has 7 nitrogen and oxygen atoms in total. The fourth-order valence-electron chi connectivity index (χ4n) is 4.17. The van der Waals surface area contributed by atoms with E-state index in [2.05, 4.69) is 5.32 Å². The first-order chi connectivity index (χ1) is 18.3. The molecule has 0 spiro atoms. The second kappa shape index (κ2) is 12.5. The monoisotopic (exact) mass is 549 g/mol. The second-order valence-electron chi connectivity index (χ2n) is 10.8. The molecule has 0 radical (unpaired) electrons. The van der Waals surface area contributed by atoms with E-state index in [1.165, 1.54) is 17.0 Å². The minimum absolute atomic E-state index is 0.0883. The van der Waals surface area contributed by atoms with Gasteiger partial charge in [-0.15, -0.1) is 0 Å². The molecule has 3 aromatic rings. The third-order valence-electron chi connectivity index (χ3n) is 6.54. The van der Waals surface area contributed by atoms with Gasteiger partial charge in [0.15, 0.2) is 0 Å². The number of carbonyl (C=O) groups excluding carboxylic acids is 2. The lowest BCUT2D eigenvalue weighted by molar-refractivity contribution is -0.139. The predicted molar refractivity (Wildman–Crippen MR) is 156 cm³/mol. The zero-order valence-electron chi connectivity index (χ0n) is 23.6. The quantitative estimate of drug-likeness (QED) is 0.391. The lowest BCUT2D eigenvalue weighted by Gasteiger charge is -2.33. The van der Waals surface area contributed by atoms with Crippen molar-refractivity contribution < 1.29 is 18.0 Å². The molecule has 39 heavy (non-hydrogen) atoms. The Kier molecular flexibility index (Phi) is 9.56. The zero-order chi connectivity index (χ0) is 28.8. The lowest BCUT2D eigenvalue weighted by atomic mass is 10.1. The van der Waals surface area contributed by atoms with Crippen LogP contribution in [0.3, 0.4) is 0 Å². The van der Waals surface area contributed by atoms with Gasteiger partial charge in [-0.3, -0.25) is 13.9 Å². The third-order valence-corrected chi connectivity index (χ3v) is 8.33. The van der Waals surface area contributed by atoms with Gasteiger partial charge in [-0.25, -0.2) is 8.42 Å². The van der Waals surface area contributed by atoms with Crippen LogP contribution < -0.4 is 9.62 Å². The number of benzene rings is 3. The summed E-state index contributed by atoms with van der Waals surface area (Å²) < 4.78 is 28.8. The Bertz CT molecular complexity index is 1380. The largest absolute Gasteiger partial charge is 0.350 e. The Hall–Kier alpha value is -3.65. The first-order valence-electron chi connectivity index (χ1n) is 13.1. The number of sulfonamides is 1. The molecule has 0 unspecified atom stereocenters. The fraction of sp³-hybridized carbons (Fsp3) is 0.355. The highest BCUT2D eigenvalue weighted by atomic mass is 32.2. The molecule has 0 fully saturated rings. The first kappa shape index (κ1) is 29.9. The van der Waals surface area contributed by atoms with Crippen molar-refractivity contribution in [2.45, 2.75) is 64.4 Å². The number of hydrogen-bond acceptors (Lipinski definition) is 4. The Balaban J connectivity index is 2.00. The van der Waals surface area contributed by atoms with Crippen molar-refractivity contribution in [1.29, 1.82) is 0 Å². The summed E-state index contributed by atoms with van der Waals surface area (Å²) in [4.78, 5) is 28.6. The fourth-order valence-corrected chi connectivity index (χ4v) is 5.60. The van der Waals surface area contributed by atoms with Crippen molar-refractivity contribution >= 4 is 27.5 Å². The summed E-state index contributed by atoms with van der Waals surface area (Å²) in [5, 5.41) is 2.94. The van der Waals surface area contributed by atoms with Crippen molar-refractivity contribution in [2.75, 3.05) is 17.4 Å². The summed E-state index contributed by atoms with van der Waals surface area (Å²) in [6.07, 6.45) is 0.523. The molecular weight excluding hydrogens is 510 g/mol. The van der Waals surface area contributed by atoms with Gasteiger partial charge in [-0.2, -0.15) is 0 Å². The SMILES string of the molecule is Cc1ccc(N(CC(=O)N(CCc2ccccc2)[C@@H](C)C(=O)NC(C)(C)C)S(=O)(=O)c2ccccc2)cc1C. The summed E-state index contributed by atoms with van der Waals surface area (Å²) in [5.41, 5.74) is 2.85. The molecule has 0 heterocycles. The van der Waals surface area contributed by atoms with Gasteiger partial charge in [-0.1, -0.05) is 54.6 Å². The van der Waals surface area contributed by atoms with Gasteiger partial charge in [-0.05, 0) is 88.9 Å². The standard InChI is InChI=1S/C31H39N3O4S/c1-23-17-18-27(21-24(23)2)34(39(37,38)28-15-11-8-12-16-28)22-29(35)33(20-19-26-13-9-7-10-14-26)25(3)30(36)32-31(4,5)6/h7-18,21,25H,19-20,22H2,1-6H3,(H,32,36)/t25-/m0/s1. The van der Waals surface area contributed by atoms with E-state index < -0.39 is 34.1 Å². The summed E-state index contributed by atoms with van der Waals surface area (Å²) in [7, 11) is -4.07. The number of carbonyl (C=O) groups is 2. The Morgan fingerprint density at radius 2 is 1.46 bits per heavy atom. The Morgan fingerprint density at radius 3 is 2.03 bits per heavy atom. The normalized spacial score (nSPS) is 12.5. The van der Waals surface area contributed by atoms with E-state index in [4.69, 9.17) is 0 Å². The molecule has 0 aliphatic carbocycles. The van der Waals surface area contributed by atoms with E-state index in [1.807, 2.05) is 71.0 Å². The van der Waals surface area contributed by atoms with Gasteiger partial charge in [0.1, 0.15) is 12.6 Å². The molecule has 0 aromatic heterocycles. The summed E-state index contributed by atoms with van der Waals surface area (Å²) in [5.74, 6) is -0.757. The maximum atomic E-state index is 13.9. The van der Waals surface area contributed by atoms with E-state index in [9.17, 15) is 18.0 Å². The van der Waals surface area contributed by atoms with Crippen molar-refractivity contribution in [1.82, 2.24) is 10.2 Å². The van der Waals surface area contributed by atoms with Crippen molar-refractivity contribution in [3.63, 3.8) is 0 Å². The van der Waals surface area contributed by atoms with Crippen LogP contribution in [0.1, 0.15) is 44.4 Å². The van der Waals surface area contributed by atoms with Gasteiger partial charge in [0.05, 0.1) is 10.6 Å². The van der Waals surface area contributed by atoms with E-state index in [-0.39, 0.29) is 17.3 Å². The smallest absolute Gasteiger partial charge is 0.264 e. The van der Waals surface area contributed by atoms with Crippen LogP contribution in [-0.4, -0.2) is 49.8 Å². The van der Waals surface area contributed by atoms with Crippen LogP contribution in [0.4, 0.5) is 5.69 Å². The maximum Gasteiger partial charge on any atom is 0.264 e. The molecular formula is C31H39N3O4S. The van der Waals surface area contributed by atoms with Crippen LogP contribution in [0.2, 0.25) is 0 Å². The highest BCUT2D eigenvalue weighted by Gasteiger charge is 2.33. The molecule has 1 N–H and O–H groups in total. The highest BCUT2D eigenvalue weighted by Crippen LogP contribution is 2.26. The molecule has 1 atom stereocenters. The molecule has 3 rings (SSSR count). The first-order valence-corrected chi connectivity index (χ1v) is 14.5. The minimum atomic E-state index is -4.07. The predicted octanol–water partition coefficient (Wildman–Crippen LogP) is 4.87. The second-order valence-corrected chi connectivity index (χ2v) is 12.7. The van der Waals surface area contributed by atoms with Gasteiger partial charge in [0, 0.05) is 12.1 Å². The number of hydrogen-bond donors (Lipinski definition) is 1. The van der Waals surface area contributed by atoms with Crippen LogP contribution in [0.15, 0.2) is 83.8 Å². The molecule has 0 aliphatic rings. The average Bonchev–Trinajstić information content (AvgIpc) is 2.89. The van der Waals surface area contributed by atoms with E-state index in [0.717, 1.165) is 21.0 Å². The van der Waals surface area contributed by atoms with Crippen LogP contribution in [0.5, 0.6) is 0 Å². The van der Waals surface area contributed by atoms with E-state index in [0.29, 0.717) is 12.1 Å². The van der Waals surface area contributed by atoms with Crippen molar-refractivity contribution in [3.8, 4) is 0 Å². The van der Waals surface area contributed by atoms with Gasteiger partial charge in [0.25, 0.3) is 10.0 Å². The number of nitrogens with one attached hydrogen (secondary N) is 1. The number of anilines is 1. The molecule has 8 heteroatoms. The molecule has 0 saturated carbocycles. The van der Waals surface area contributed by atoms with E-state index in [1.54, 1.807) is 37.3 Å². The zero-order valence-corrected chi connectivity index (χ0v) is 24.5. The third kappa shape index (κ3) is 7.93. The Labute approximate surface area is 232 Å². The van der Waals surface area contributed by atoms with Crippen molar-refractivity contribution in [2.24, 2.45) is 0 Å². The topological polar surface area (TPSA) is 86.8 Å². The molecule has 0 saturated heterocycles. The number of aryl methyl sites for hydroxylation is 2. The van der Waals surface area contributed by atoms with Crippen LogP contribution in [0.25, 0.3) is 0 Å². The van der Waals surface area contributed by atoms with Gasteiger partial charge < -0.3 is 10.2 Å².